The average molecular weight is 390 g/mol. The standard InChI is InChI=1S/C20H21ClFN3O2/c21-17-12-16(6-7-18(17)22)24-20(27)19(26)23-15-8-10-25(11-9-15)13-14-4-2-1-3-5-14/h1-7,12,15H,8-11,13H2,(H,23,26)(H,24,27). The fourth-order valence-corrected chi connectivity index (χ4v) is 3.27. The van der Waals surface area contributed by atoms with Gasteiger partial charge in [-0.2, -0.15) is 0 Å². The fourth-order valence-electron chi connectivity index (χ4n) is 3.09. The molecule has 0 bridgehead atoms. The molecule has 0 aromatic heterocycles. The SMILES string of the molecule is O=C(Nc1ccc(F)c(Cl)c1)C(=O)NC1CCN(Cc2ccccc2)CC1. The van der Waals surface area contributed by atoms with Gasteiger partial charge in [0.25, 0.3) is 0 Å². The van der Waals surface area contributed by atoms with Crippen molar-refractivity contribution in [2.45, 2.75) is 25.4 Å². The van der Waals surface area contributed by atoms with Crippen LogP contribution in [0, 0.1) is 5.82 Å². The van der Waals surface area contributed by atoms with Crippen molar-refractivity contribution >= 4 is 29.1 Å². The third kappa shape index (κ3) is 5.52. The summed E-state index contributed by atoms with van der Waals surface area (Å²) in [5.41, 5.74) is 1.54. The normalized spacial score (nSPS) is 15.3. The maximum atomic E-state index is 13.1. The average Bonchev–Trinajstić information content (AvgIpc) is 2.67. The van der Waals surface area contributed by atoms with Gasteiger partial charge in [0.1, 0.15) is 5.82 Å². The van der Waals surface area contributed by atoms with E-state index in [1.54, 1.807) is 0 Å². The Hall–Kier alpha value is -2.44. The number of amides is 2. The number of anilines is 1. The fraction of sp³-hybridized carbons (Fsp3) is 0.300. The summed E-state index contributed by atoms with van der Waals surface area (Å²) < 4.78 is 13.1. The minimum absolute atomic E-state index is 0.0351. The maximum absolute atomic E-state index is 13.1. The number of hydrogen-bond donors (Lipinski definition) is 2. The van der Waals surface area contributed by atoms with E-state index in [2.05, 4.69) is 27.7 Å². The molecule has 1 fully saturated rings. The van der Waals surface area contributed by atoms with Gasteiger partial charge >= 0.3 is 11.8 Å². The number of rotatable bonds is 4. The summed E-state index contributed by atoms with van der Waals surface area (Å²) in [4.78, 5) is 26.4. The van der Waals surface area contributed by atoms with Gasteiger partial charge in [0.05, 0.1) is 5.02 Å². The van der Waals surface area contributed by atoms with Crippen LogP contribution in [0.4, 0.5) is 10.1 Å². The summed E-state index contributed by atoms with van der Waals surface area (Å²) >= 11 is 5.67. The second-order valence-electron chi connectivity index (χ2n) is 6.59. The molecule has 27 heavy (non-hydrogen) atoms. The molecule has 1 heterocycles. The lowest BCUT2D eigenvalue weighted by molar-refractivity contribution is -0.136. The Kier molecular flexibility index (Phi) is 6.42. The molecule has 0 unspecified atom stereocenters. The smallest absolute Gasteiger partial charge is 0.313 e. The van der Waals surface area contributed by atoms with Crippen molar-refractivity contribution in [2.75, 3.05) is 18.4 Å². The molecule has 2 amide bonds. The number of hydrogen-bond acceptors (Lipinski definition) is 3. The lowest BCUT2D eigenvalue weighted by atomic mass is 10.0. The molecule has 0 spiro atoms. The predicted molar refractivity (Wildman–Crippen MR) is 103 cm³/mol. The molecule has 0 aliphatic carbocycles. The summed E-state index contributed by atoms with van der Waals surface area (Å²) in [6, 6.07) is 14.0. The summed E-state index contributed by atoms with van der Waals surface area (Å²) in [6.45, 7) is 2.59. The molecule has 2 aromatic carbocycles. The first-order valence-corrected chi connectivity index (χ1v) is 9.22. The molecule has 0 radical (unpaired) electrons. The van der Waals surface area contributed by atoms with Crippen LogP contribution in [0.3, 0.4) is 0 Å². The van der Waals surface area contributed by atoms with Gasteiger partial charge < -0.3 is 10.6 Å². The molecule has 5 nitrogen and oxygen atoms in total. The third-order valence-electron chi connectivity index (χ3n) is 4.56. The number of likely N-dealkylation sites (tertiary alicyclic amines) is 1. The molecule has 3 rings (SSSR count). The Morgan fingerprint density at radius 3 is 2.44 bits per heavy atom. The topological polar surface area (TPSA) is 61.4 Å². The highest BCUT2D eigenvalue weighted by Crippen LogP contribution is 2.19. The molecule has 1 aliphatic rings. The van der Waals surface area contributed by atoms with Crippen LogP contribution in [0.1, 0.15) is 18.4 Å². The zero-order valence-corrected chi connectivity index (χ0v) is 15.5. The van der Waals surface area contributed by atoms with Crippen molar-refractivity contribution in [3.63, 3.8) is 0 Å². The first-order chi connectivity index (χ1) is 13.0. The molecule has 2 N–H and O–H groups in total. The van der Waals surface area contributed by atoms with Crippen LogP contribution in [-0.2, 0) is 16.1 Å². The van der Waals surface area contributed by atoms with Crippen LogP contribution in [0.2, 0.25) is 5.02 Å². The van der Waals surface area contributed by atoms with Crippen LogP contribution in [0.5, 0.6) is 0 Å². The van der Waals surface area contributed by atoms with E-state index in [9.17, 15) is 14.0 Å². The monoisotopic (exact) mass is 389 g/mol. The summed E-state index contributed by atoms with van der Waals surface area (Å²) in [6.07, 6.45) is 1.57. The minimum Gasteiger partial charge on any atom is -0.345 e. The van der Waals surface area contributed by atoms with Gasteiger partial charge in [-0.15, -0.1) is 0 Å². The molecule has 1 aliphatic heterocycles. The van der Waals surface area contributed by atoms with Crippen molar-refractivity contribution in [1.29, 1.82) is 0 Å². The van der Waals surface area contributed by atoms with Gasteiger partial charge in [0, 0.05) is 31.4 Å². The Morgan fingerprint density at radius 1 is 1.07 bits per heavy atom. The summed E-state index contributed by atoms with van der Waals surface area (Å²) in [5.74, 6) is -2.07. The molecular formula is C20H21ClFN3O2. The second kappa shape index (κ2) is 8.97. The van der Waals surface area contributed by atoms with E-state index in [0.717, 1.165) is 38.5 Å². The molecule has 1 saturated heterocycles. The number of nitrogens with one attached hydrogen (secondary N) is 2. The predicted octanol–water partition coefficient (Wildman–Crippen LogP) is 3.20. The lowest BCUT2D eigenvalue weighted by Gasteiger charge is -2.32. The summed E-state index contributed by atoms with van der Waals surface area (Å²) in [7, 11) is 0. The zero-order chi connectivity index (χ0) is 19.2. The number of nitrogens with zero attached hydrogens (tertiary/aromatic N) is 1. The largest absolute Gasteiger partial charge is 0.345 e. The molecule has 0 atom stereocenters. The van der Waals surface area contributed by atoms with E-state index >= 15 is 0 Å². The number of carbonyl (C=O) groups excluding carboxylic acids is 2. The zero-order valence-electron chi connectivity index (χ0n) is 14.8. The van der Waals surface area contributed by atoms with Crippen LogP contribution in [0.25, 0.3) is 0 Å². The Bertz CT molecular complexity index is 808. The van der Waals surface area contributed by atoms with Gasteiger partial charge in [-0.3, -0.25) is 14.5 Å². The Morgan fingerprint density at radius 2 is 1.78 bits per heavy atom. The third-order valence-corrected chi connectivity index (χ3v) is 4.85. The first-order valence-electron chi connectivity index (χ1n) is 8.84. The molecule has 142 valence electrons. The van der Waals surface area contributed by atoms with E-state index in [1.165, 1.54) is 17.7 Å². The molecule has 2 aromatic rings. The van der Waals surface area contributed by atoms with Gasteiger partial charge in [-0.25, -0.2) is 4.39 Å². The maximum Gasteiger partial charge on any atom is 0.313 e. The highest BCUT2D eigenvalue weighted by atomic mass is 35.5. The highest BCUT2D eigenvalue weighted by Gasteiger charge is 2.23. The number of carbonyl (C=O) groups is 2. The van der Waals surface area contributed by atoms with Crippen LogP contribution in [0.15, 0.2) is 48.5 Å². The Balaban J connectivity index is 1.44. The lowest BCUT2D eigenvalue weighted by Crippen LogP contribution is -2.47. The van der Waals surface area contributed by atoms with Crippen molar-refractivity contribution in [3.05, 3.63) is 64.9 Å². The second-order valence-corrected chi connectivity index (χ2v) is 7.00. The number of piperidine rings is 1. The minimum atomic E-state index is -0.788. The van der Waals surface area contributed by atoms with Crippen LogP contribution >= 0.6 is 11.6 Å². The number of benzene rings is 2. The van der Waals surface area contributed by atoms with Crippen molar-refractivity contribution in [1.82, 2.24) is 10.2 Å². The Labute approximate surface area is 162 Å². The van der Waals surface area contributed by atoms with Crippen LogP contribution < -0.4 is 10.6 Å². The highest BCUT2D eigenvalue weighted by molar-refractivity contribution is 6.40. The van der Waals surface area contributed by atoms with Gasteiger partial charge in [-0.1, -0.05) is 41.9 Å². The van der Waals surface area contributed by atoms with E-state index < -0.39 is 17.6 Å². The summed E-state index contributed by atoms with van der Waals surface area (Å²) in [5, 5.41) is 5.08. The van der Waals surface area contributed by atoms with Crippen LogP contribution in [-0.4, -0.2) is 35.8 Å². The van der Waals surface area contributed by atoms with Crippen molar-refractivity contribution in [2.24, 2.45) is 0 Å². The molecule has 0 saturated carbocycles. The molecular weight excluding hydrogens is 369 g/mol. The van der Waals surface area contributed by atoms with E-state index in [4.69, 9.17) is 11.6 Å². The van der Waals surface area contributed by atoms with Gasteiger partial charge in [0.2, 0.25) is 0 Å². The van der Waals surface area contributed by atoms with Crippen molar-refractivity contribution < 1.29 is 14.0 Å². The van der Waals surface area contributed by atoms with Crippen molar-refractivity contribution in [3.8, 4) is 0 Å². The number of halogens is 2. The van der Waals surface area contributed by atoms with E-state index in [0.29, 0.717) is 0 Å². The first kappa shape index (κ1) is 19.3. The van der Waals surface area contributed by atoms with E-state index in [-0.39, 0.29) is 16.8 Å². The van der Waals surface area contributed by atoms with Gasteiger partial charge in [0.15, 0.2) is 0 Å². The quantitative estimate of drug-likeness (QED) is 0.789. The van der Waals surface area contributed by atoms with E-state index in [1.807, 2.05) is 18.2 Å². The molecule has 7 heteroatoms. The van der Waals surface area contributed by atoms with Gasteiger partial charge in [-0.05, 0) is 36.6 Å².